The summed E-state index contributed by atoms with van der Waals surface area (Å²) in [7, 11) is 0. The van der Waals surface area contributed by atoms with Gasteiger partial charge in [-0.15, -0.1) is 0 Å². The van der Waals surface area contributed by atoms with E-state index in [9.17, 15) is 9.59 Å². The quantitative estimate of drug-likeness (QED) is 0.771. The molecule has 0 radical (unpaired) electrons. The highest BCUT2D eigenvalue weighted by atomic mass is 79.9. The maximum absolute atomic E-state index is 12.1. The van der Waals surface area contributed by atoms with E-state index in [0.717, 1.165) is 19.8 Å². The Bertz CT molecular complexity index is 667. The van der Waals surface area contributed by atoms with E-state index in [1.54, 1.807) is 13.1 Å². The fourth-order valence-corrected chi connectivity index (χ4v) is 2.45. The number of carbonyl (C=O) groups excluding carboxylic acids is 2. The molecule has 5 nitrogen and oxygen atoms in total. The molecule has 0 aliphatic carbocycles. The molecule has 0 aliphatic heterocycles. The highest BCUT2D eigenvalue weighted by molar-refractivity contribution is 9.13. The van der Waals surface area contributed by atoms with Crippen LogP contribution in [-0.2, 0) is 9.53 Å². The maximum Gasteiger partial charge on any atom is 0.325 e. The second-order valence-electron chi connectivity index (χ2n) is 4.00. The van der Waals surface area contributed by atoms with Crippen molar-refractivity contribution in [3.63, 3.8) is 0 Å². The predicted octanol–water partition coefficient (Wildman–Crippen LogP) is 2.99. The van der Waals surface area contributed by atoms with Gasteiger partial charge >= 0.3 is 5.97 Å². The molecule has 2 rings (SSSR count). The second-order valence-corrected chi connectivity index (χ2v) is 5.71. The van der Waals surface area contributed by atoms with E-state index in [1.165, 1.54) is 0 Å². The number of hydrogen-bond acceptors (Lipinski definition) is 3. The third-order valence-corrected chi connectivity index (χ3v) is 4.51. The summed E-state index contributed by atoms with van der Waals surface area (Å²) in [5.74, 6) is -0.775. The van der Waals surface area contributed by atoms with Crippen molar-refractivity contribution in [3.8, 4) is 0 Å². The minimum Gasteiger partial charge on any atom is -0.465 e. The Labute approximate surface area is 132 Å². The molecule has 2 N–H and O–H groups in total. The zero-order valence-corrected chi connectivity index (χ0v) is 13.8. The van der Waals surface area contributed by atoms with Crippen LogP contribution in [-0.4, -0.2) is 30.0 Å². The minimum absolute atomic E-state index is 0.142. The Balaban J connectivity index is 2.18. The van der Waals surface area contributed by atoms with E-state index in [4.69, 9.17) is 4.74 Å². The molecule has 0 atom stereocenters. The van der Waals surface area contributed by atoms with E-state index < -0.39 is 5.97 Å². The molecule has 0 bridgehead atoms. The number of halogens is 2. The largest absolute Gasteiger partial charge is 0.465 e. The van der Waals surface area contributed by atoms with Crippen molar-refractivity contribution in [1.82, 2.24) is 10.3 Å². The Kier molecular flexibility index (Phi) is 4.82. The van der Waals surface area contributed by atoms with Gasteiger partial charge in [-0.25, -0.2) is 0 Å². The first-order chi connectivity index (χ1) is 9.52. The first kappa shape index (κ1) is 15.1. The molecule has 1 aromatic heterocycles. The summed E-state index contributed by atoms with van der Waals surface area (Å²) >= 11 is 6.80. The van der Waals surface area contributed by atoms with Gasteiger partial charge in [0.2, 0.25) is 0 Å². The molecule has 0 saturated heterocycles. The SMILES string of the molecule is CCOC(=O)CNC(=O)c1c[nH]c2cc(Br)c(Br)cc12. The number of amides is 1. The molecule has 106 valence electrons. The highest BCUT2D eigenvalue weighted by Gasteiger charge is 2.14. The number of aromatic amines is 1. The lowest BCUT2D eigenvalue weighted by Crippen LogP contribution is -2.30. The zero-order chi connectivity index (χ0) is 14.7. The summed E-state index contributed by atoms with van der Waals surface area (Å²) < 4.78 is 6.50. The van der Waals surface area contributed by atoms with Crippen LogP contribution in [0.4, 0.5) is 0 Å². The van der Waals surface area contributed by atoms with Crippen LogP contribution in [0.25, 0.3) is 10.9 Å². The van der Waals surface area contributed by atoms with Gasteiger partial charge in [0, 0.05) is 26.0 Å². The molecule has 0 fully saturated rings. The van der Waals surface area contributed by atoms with E-state index in [-0.39, 0.29) is 12.5 Å². The first-order valence-corrected chi connectivity index (χ1v) is 7.51. The molecule has 0 aliphatic rings. The highest BCUT2D eigenvalue weighted by Crippen LogP contribution is 2.29. The van der Waals surface area contributed by atoms with Crippen molar-refractivity contribution in [2.75, 3.05) is 13.2 Å². The van der Waals surface area contributed by atoms with Crippen molar-refractivity contribution in [3.05, 3.63) is 32.8 Å². The topological polar surface area (TPSA) is 71.2 Å². The molecule has 2 aromatic rings. The normalized spacial score (nSPS) is 10.6. The Morgan fingerprint density at radius 2 is 2.00 bits per heavy atom. The van der Waals surface area contributed by atoms with Crippen molar-refractivity contribution in [2.24, 2.45) is 0 Å². The Morgan fingerprint density at radius 3 is 2.70 bits per heavy atom. The van der Waals surface area contributed by atoms with Gasteiger partial charge in [0.15, 0.2) is 0 Å². The summed E-state index contributed by atoms with van der Waals surface area (Å²) in [6.07, 6.45) is 1.62. The van der Waals surface area contributed by atoms with Crippen LogP contribution >= 0.6 is 31.9 Å². The third kappa shape index (κ3) is 3.21. The lowest BCUT2D eigenvalue weighted by Gasteiger charge is -2.04. The van der Waals surface area contributed by atoms with Crippen LogP contribution in [0.2, 0.25) is 0 Å². The minimum atomic E-state index is -0.454. The summed E-state index contributed by atoms with van der Waals surface area (Å²) in [6.45, 7) is 1.87. The van der Waals surface area contributed by atoms with E-state index in [0.29, 0.717) is 12.2 Å². The monoisotopic (exact) mass is 402 g/mol. The molecule has 1 amide bonds. The second kappa shape index (κ2) is 6.41. The van der Waals surface area contributed by atoms with Crippen molar-refractivity contribution in [1.29, 1.82) is 0 Å². The number of benzene rings is 1. The van der Waals surface area contributed by atoms with Gasteiger partial charge < -0.3 is 15.0 Å². The van der Waals surface area contributed by atoms with Crippen LogP contribution in [0.3, 0.4) is 0 Å². The third-order valence-electron chi connectivity index (χ3n) is 2.67. The van der Waals surface area contributed by atoms with Gasteiger partial charge in [0.25, 0.3) is 5.91 Å². The van der Waals surface area contributed by atoms with Gasteiger partial charge in [0.05, 0.1) is 12.2 Å². The molecule has 0 saturated carbocycles. The number of aromatic nitrogens is 1. The number of hydrogen-bond donors (Lipinski definition) is 2. The van der Waals surface area contributed by atoms with E-state index >= 15 is 0 Å². The molecule has 20 heavy (non-hydrogen) atoms. The number of nitrogens with one attached hydrogen (secondary N) is 2. The van der Waals surface area contributed by atoms with Gasteiger partial charge in [-0.05, 0) is 50.9 Å². The van der Waals surface area contributed by atoms with Gasteiger partial charge in [0.1, 0.15) is 6.54 Å². The van der Waals surface area contributed by atoms with E-state index in [2.05, 4.69) is 42.2 Å². The van der Waals surface area contributed by atoms with Crippen LogP contribution < -0.4 is 5.32 Å². The van der Waals surface area contributed by atoms with Crippen LogP contribution in [0.5, 0.6) is 0 Å². The molecule has 0 spiro atoms. The zero-order valence-electron chi connectivity index (χ0n) is 10.6. The van der Waals surface area contributed by atoms with Crippen LogP contribution in [0, 0.1) is 0 Å². The summed E-state index contributed by atoms with van der Waals surface area (Å²) in [5.41, 5.74) is 1.32. The summed E-state index contributed by atoms with van der Waals surface area (Å²) in [4.78, 5) is 26.3. The standard InChI is InChI=1S/C13H12Br2N2O3/c1-2-20-12(18)6-17-13(19)8-5-16-11-4-10(15)9(14)3-7(8)11/h3-5,16H,2,6H2,1H3,(H,17,19). The van der Waals surface area contributed by atoms with Crippen LogP contribution in [0.15, 0.2) is 27.3 Å². The number of ether oxygens (including phenoxy) is 1. The number of carbonyl (C=O) groups is 2. The lowest BCUT2D eigenvalue weighted by atomic mass is 10.1. The fourth-order valence-electron chi connectivity index (χ4n) is 1.76. The predicted molar refractivity (Wildman–Crippen MR) is 82.7 cm³/mol. The fraction of sp³-hybridized carbons (Fsp3) is 0.231. The molecule has 7 heteroatoms. The lowest BCUT2D eigenvalue weighted by molar-refractivity contribution is -0.141. The molecule has 0 unspecified atom stereocenters. The molecular formula is C13H12Br2N2O3. The average Bonchev–Trinajstić information content (AvgIpc) is 2.80. The number of rotatable bonds is 4. The van der Waals surface area contributed by atoms with Crippen molar-refractivity contribution < 1.29 is 14.3 Å². The number of esters is 1. The molecular weight excluding hydrogens is 392 g/mol. The van der Waals surface area contributed by atoms with Gasteiger partial charge in [-0.2, -0.15) is 0 Å². The summed E-state index contributed by atoms with van der Waals surface area (Å²) in [5, 5.41) is 3.31. The van der Waals surface area contributed by atoms with Gasteiger partial charge in [-0.3, -0.25) is 9.59 Å². The molecule has 1 aromatic carbocycles. The maximum atomic E-state index is 12.1. The molecule has 1 heterocycles. The summed E-state index contributed by atoms with van der Waals surface area (Å²) in [6, 6.07) is 3.72. The van der Waals surface area contributed by atoms with Crippen molar-refractivity contribution in [2.45, 2.75) is 6.92 Å². The number of fused-ring (bicyclic) bond motifs is 1. The van der Waals surface area contributed by atoms with Crippen LogP contribution in [0.1, 0.15) is 17.3 Å². The first-order valence-electron chi connectivity index (χ1n) is 5.93. The van der Waals surface area contributed by atoms with Crippen molar-refractivity contribution >= 4 is 54.6 Å². The number of H-pyrrole nitrogens is 1. The Morgan fingerprint density at radius 1 is 1.30 bits per heavy atom. The van der Waals surface area contributed by atoms with Gasteiger partial charge in [-0.1, -0.05) is 0 Å². The average molecular weight is 404 g/mol. The Hall–Kier alpha value is -1.34. The van der Waals surface area contributed by atoms with E-state index in [1.807, 2.05) is 12.1 Å². The smallest absolute Gasteiger partial charge is 0.325 e.